The molecule has 0 saturated heterocycles. The summed E-state index contributed by atoms with van der Waals surface area (Å²) < 4.78 is 24.9. The molecule has 0 radical (unpaired) electrons. The third kappa shape index (κ3) is 7.34. The van der Waals surface area contributed by atoms with Crippen LogP contribution in [0.3, 0.4) is 0 Å². The second-order valence-electron chi connectivity index (χ2n) is 12.4. The van der Waals surface area contributed by atoms with Gasteiger partial charge in [-0.25, -0.2) is 13.4 Å². The molecule has 0 spiro atoms. The Bertz CT molecular complexity index is 1310. The molecule has 9 nitrogen and oxygen atoms in total. The zero-order valence-corrected chi connectivity index (χ0v) is 28.2. The SMILES string of the molecule is CN(CCC(=O)N(I)c1ccc(S(C)(=O)=O)nc1)CC1(N(C=O)CC2CCC2)CCC(c2ccccc2)(N(C)C)CC1. The lowest BCUT2D eigenvalue weighted by molar-refractivity contribution is -0.130. The third-order valence-corrected chi connectivity index (χ3v) is 11.5. The van der Waals surface area contributed by atoms with Crippen LogP contribution in [0.25, 0.3) is 0 Å². The van der Waals surface area contributed by atoms with Crippen LogP contribution >= 0.6 is 22.9 Å². The van der Waals surface area contributed by atoms with Crippen LogP contribution in [0.5, 0.6) is 0 Å². The third-order valence-electron chi connectivity index (χ3n) is 9.41. The molecule has 0 unspecified atom stereocenters. The monoisotopic (exact) mass is 709 g/mol. The molecule has 2 aliphatic rings. The van der Waals surface area contributed by atoms with Crippen LogP contribution in [0.1, 0.15) is 56.9 Å². The number of anilines is 1. The summed E-state index contributed by atoms with van der Waals surface area (Å²) in [5.41, 5.74) is 1.49. The Morgan fingerprint density at radius 2 is 1.71 bits per heavy atom. The molecule has 1 heterocycles. The minimum absolute atomic E-state index is 0.0202. The maximum absolute atomic E-state index is 13.1. The van der Waals surface area contributed by atoms with Crippen molar-refractivity contribution in [1.29, 1.82) is 0 Å². The number of sulfone groups is 1. The van der Waals surface area contributed by atoms with E-state index in [0.717, 1.165) is 44.9 Å². The normalized spacial score (nSPS) is 23.0. The Hall–Kier alpha value is -2.09. The Morgan fingerprint density at radius 3 is 2.21 bits per heavy atom. The molecule has 2 amide bonds. The zero-order valence-electron chi connectivity index (χ0n) is 25.2. The Labute approximate surface area is 265 Å². The van der Waals surface area contributed by atoms with Gasteiger partial charge in [0.2, 0.25) is 12.3 Å². The van der Waals surface area contributed by atoms with Crippen molar-refractivity contribution in [3.63, 3.8) is 0 Å². The quantitative estimate of drug-likeness (QED) is 0.172. The molecule has 42 heavy (non-hydrogen) atoms. The van der Waals surface area contributed by atoms with Crippen molar-refractivity contribution < 1.29 is 18.0 Å². The van der Waals surface area contributed by atoms with Crippen molar-refractivity contribution in [2.45, 2.75) is 67.5 Å². The fraction of sp³-hybridized carbons (Fsp3) is 0.581. The van der Waals surface area contributed by atoms with Crippen LogP contribution < -0.4 is 3.11 Å². The molecule has 2 saturated carbocycles. The van der Waals surface area contributed by atoms with E-state index in [2.05, 4.69) is 64.1 Å². The number of amides is 2. The molecule has 230 valence electrons. The summed E-state index contributed by atoms with van der Waals surface area (Å²) >= 11 is 1.94. The van der Waals surface area contributed by atoms with Crippen molar-refractivity contribution in [1.82, 2.24) is 19.7 Å². The Kier molecular flexibility index (Phi) is 10.7. The van der Waals surface area contributed by atoms with Gasteiger partial charge < -0.3 is 9.80 Å². The van der Waals surface area contributed by atoms with Gasteiger partial charge in [-0.2, -0.15) is 0 Å². The second kappa shape index (κ2) is 13.7. The first kappa shape index (κ1) is 32.8. The number of likely N-dealkylation sites (N-methyl/N-ethyl adjacent to an activating group) is 1. The highest BCUT2D eigenvalue weighted by atomic mass is 127. The summed E-state index contributed by atoms with van der Waals surface area (Å²) in [7, 11) is 2.94. The number of aromatic nitrogens is 1. The summed E-state index contributed by atoms with van der Waals surface area (Å²) in [5.74, 6) is 0.482. The zero-order chi connectivity index (χ0) is 30.5. The topological polar surface area (TPSA) is 94.1 Å². The molecule has 11 heteroatoms. The van der Waals surface area contributed by atoms with E-state index >= 15 is 0 Å². The van der Waals surface area contributed by atoms with Crippen molar-refractivity contribution in [2.24, 2.45) is 5.92 Å². The number of nitrogens with zero attached hydrogens (tertiary/aromatic N) is 5. The summed E-state index contributed by atoms with van der Waals surface area (Å²) in [6.07, 6.45) is 11.2. The molecular weight excluding hydrogens is 665 g/mol. The van der Waals surface area contributed by atoms with Gasteiger partial charge >= 0.3 is 0 Å². The molecule has 0 aliphatic heterocycles. The van der Waals surface area contributed by atoms with Gasteiger partial charge in [0.15, 0.2) is 14.9 Å². The summed E-state index contributed by atoms with van der Waals surface area (Å²) in [6, 6.07) is 13.7. The van der Waals surface area contributed by atoms with Crippen molar-refractivity contribution in [3.8, 4) is 0 Å². The van der Waals surface area contributed by atoms with Crippen LogP contribution in [-0.4, -0.2) is 93.0 Å². The fourth-order valence-corrected chi connectivity index (χ4v) is 7.61. The average Bonchev–Trinajstić information content (AvgIpc) is 2.95. The first-order valence-corrected chi connectivity index (χ1v) is 17.5. The Morgan fingerprint density at radius 1 is 1.05 bits per heavy atom. The lowest BCUT2D eigenvalue weighted by Crippen LogP contribution is -2.61. The molecule has 0 bridgehead atoms. The van der Waals surface area contributed by atoms with Gasteiger partial charge in [-0.05, 0) is 83.3 Å². The van der Waals surface area contributed by atoms with E-state index in [1.165, 1.54) is 40.2 Å². The van der Waals surface area contributed by atoms with Crippen molar-refractivity contribution in [2.75, 3.05) is 50.1 Å². The summed E-state index contributed by atoms with van der Waals surface area (Å²) in [6.45, 7) is 2.05. The lowest BCUT2D eigenvalue weighted by Gasteiger charge is -2.54. The van der Waals surface area contributed by atoms with Crippen LogP contribution in [0.2, 0.25) is 0 Å². The van der Waals surface area contributed by atoms with Gasteiger partial charge in [0.25, 0.3) is 0 Å². The minimum Gasteiger partial charge on any atom is -0.338 e. The van der Waals surface area contributed by atoms with E-state index in [4.69, 9.17) is 0 Å². The predicted octanol–water partition coefficient (Wildman–Crippen LogP) is 4.52. The standard InChI is InChI=1S/C31H44IN5O4S/c1-34(2)31(26-11-6-5-7-12-26)18-16-30(17-19-31,36(24-38)22-25-9-8-10-25)23-35(3)20-15-29(39)37(32)27-13-14-28(33-21-27)42(4,40)41/h5-7,11-14,21,24-25H,8-10,15-20,22-23H2,1-4H3. The molecule has 2 aliphatic carbocycles. The van der Waals surface area contributed by atoms with E-state index < -0.39 is 9.84 Å². The number of hydrogen-bond acceptors (Lipinski definition) is 7. The maximum atomic E-state index is 13.1. The number of hydrogen-bond donors (Lipinski definition) is 0. The van der Waals surface area contributed by atoms with E-state index in [1.807, 2.05) is 29.9 Å². The first-order chi connectivity index (χ1) is 19.9. The van der Waals surface area contributed by atoms with Gasteiger partial charge in [-0.3, -0.25) is 17.6 Å². The highest BCUT2D eigenvalue weighted by Gasteiger charge is 2.48. The van der Waals surface area contributed by atoms with Crippen molar-refractivity contribution >= 4 is 50.7 Å². The van der Waals surface area contributed by atoms with Gasteiger partial charge in [0, 0.05) is 37.8 Å². The molecule has 1 aromatic heterocycles. The molecule has 1 aromatic carbocycles. The number of halogens is 1. The van der Waals surface area contributed by atoms with Gasteiger partial charge in [-0.15, -0.1) is 0 Å². The van der Waals surface area contributed by atoms with E-state index in [1.54, 1.807) is 6.07 Å². The highest BCUT2D eigenvalue weighted by molar-refractivity contribution is 14.1. The average molecular weight is 710 g/mol. The predicted molar refractivity (Wildman–Crippen MR) is 174 cm³/mol. The van der Waals surface area contributed by atoms with Gasteiger partial charge in [0.1, 0.15) is 0 Å². The number of rotatable bonds is 13. The Balaban J connectivity index is 1.46. The van der Waals surface area contributed by atoms with E-state index in [9.17, 15) is 18.0 Å². The highest BCUT2D eigenvalue weighted by Crippen LogP contribution is 2.47. The molecular formula is C31H44IN5O4S. The van der Waals surface area contributed by atoms with Crippen molar-refractivity contribution in [3.05, 3.63) is 54.2 Å². The van der Waals surface area contributed by atoms with Gasteiger partial charge in [-0.1, -0.05) is 36.8 Å². The van der Waals surface area contributed by atoms with Crippen LogP contribution in [0.4, 0.5) is 5.69 Å². The minimum atomic E-state index is -3.41. The molecule has 2 fully saturated rings. The van der Waals surface area contributed by atoms with E-state index in [-0.39, 0.29) is 22.0 Å². The molecule has 4 rings (SSSR count). The molecule has 2 aromatic rings. The van der Waals surface area contributed by atoms with Crippen LogP contribution in [0, 0.1) is 5.92 Å². The van der Waals surface area contributed by atoms with Gasteiger partial charge in [0.05, 0.1) is 40.3 Å². The fourth-order valence-electron chi connectivity index (χ4n) is 6.53. The second-order valence-corrected chi connectivity index (χ2v) is 15.3. The number of carbonyl (C=O) groups is 2. The molecule has 0 N–H and O–H groups in total. The smallest absolute Gasteiger partial charge is 0.237 e. The summed E-state index contributed by atoms with van der Waals surface area (Å²) in [5, 5.41) is -0.0202. The van der Waals surface area contributed by atoms with Crippen LogP contribution in [-0.2, 0) is 25.0 Å². The maximum Gasteiger partial charge on any atom is 0.237 e. The molecule has 0 atom stereocenters. The lowest BCUT2D eigenvalue weighted by atomic mass is 9.67. The number of benzene rings is 1. The largest absolute Gasteiger partial charge is 0.338 e. The number of carbonyl (C=O) groups excluding carboxylic acids is 2. The first-order valence-electron chi connectivity index (χ1n) is 14.7. The van der Waals surface area contributed by atoms with E-state index in [0.29, 0.717) is 31.1 Å². The summed E-state index contributed by atoms with van der Waals surface area (Å²) in [4.78, 5) is 36.3. The van der Waals surface area contributed by atoms with Crippen LogP contribution in [0.15, 0.2) is 53.7 Å². The number of pyridine rings is 1.